The molecular weight excluding hydrogens is 573 g/mol. The maximum atomic E-state index is 13.1. The zero-order chi connectivity index (χ0) is 29.0. The van der Waals surface area contributed by atoms with E-state index in [0.29, 0.717) is 63.5 Å². The van der Waals surface area contributed by atoms with Crippen LogP contribution in [0.1, 0.15) is 45.1 Å². The van der Waals surface area contributed by atoms with Crippen LogP contribution in [0.2, 0.25) is 15.1 Å². The first-order chi connectivity index (χ1) is 18.9. The highest BCUT2D eigenvalue weighted by molar-refractivity contribution is 6.44. The molecule has 0 saturated carbocycles. The van der Waals surface area contributed by atoms with Gasteiger partial charge < -0.3 is 15.0 Å². The molecule has 1 saturated heterocycles. The average Bonchev–Trinajstić information content (AvgIpc) is 2.90. The first kappa shape index (κ1) is 29.7. The number of carbonyl (C=O) groups excluding carboxylic acids is 3. The molecule has 10 heteroatoms. The standard InChI is InChI=1S/C30H30Cl3N3O4/c1-30(2,3)40-29(39)34-21-7-4-6-19(16-21)18-12-14-36(15-13-18)28(38)27(37)35-25-11-10-20(31)17-23(25)22-8-5-9-24(32)26(22)33/h4-11,16-18H,12-15H2,1-3H3,(H,34,39)(H,35,37). The van der Waals surface area contributed by atoms with E-state index in [1.807, 2.05) is 39.0 Å². The van der Waals surface area contributed by atoms with Gasteiger partial charge >= 0.3 is 17.9 Å². The SMILES string of the molecule is CC(C)(C)OC(=O)Nc1cccc(C2CCN(C(=O)C(=O)Nc3ccc(Cl)cc3-c3cccc(Cl)c3Cl)CC2)c1. The Hall–Kier alpha value is -3.26. The van der Waals surface area contributed by atoms with Crippen molar-refractivity contribution in [2.24, 2.45) is 0 Å². The topological polar surface area (TPSA) is 87.7 Å². The summed E-state index contributed by atoms with van der Waals surface area (Å²) in [5.74, 6) is -1.18. The van der Waals surface area contributed by atoms with Gasteiger partial charge in [0.15, 0.2) is 0 Å². The van der Waals surface area contributed by atoms with Crippen LogP contribution in [-0.4, -0.2) is 41.5 Å². The van der Waals surface area contributed by atoms with Gasteiger partial charge in [0.2, 0.25) is 0 Å². The van der Waals surface area contributed by atoms with Gasteiger partial charge in [0.25, 0.3) is 0 Å². The van der Waals surface area contributed by atoms with Crippen molar-refractivity contribution < 1.29 is 19.1 Å². The number of hydrogen-bond donors (Lipinski definition) is 2. The van der Waals surface area contributed by atoms with E-state index in [1.54, 1.807) is 47.4 Å². The van der Waals surface area contributed by atoms with E-state index in [1.165, 1.54) is 0 Å². The monoisotopic (exact) mass is 601 g/mol. The Kier molecular flexibility index (Phi) is 9.29. The lowest BCUT2D eigenvalue weighted by Crippen LogP contribution is -2.43. The summed E-state index contributed by atoms with van der Waals surface area (Å²) in [5.41, 5.74) is 2.64. The van der Waals surface area contributed by atoms with E-state index >= 15 is 0 Å². The lowest BCUT2D eigenvalue weighted by atomic mass is 9.89. The zero-order valence-corrected chi connectivity index (χ0v) is 24.7. The molecule has 1 fully saturated rings. The van der Waals surface area contributed by atoms with Gasteiger partial charge in [-0.05, 0) is 81.5 Å². The fraction of sp³-hybridized carbons (Fsp3) is 0.300. The van der Waals surface area contributed by atoms with Crippen molar-refractivity contribution in [2.45, 2.75) is 45.1 Å². The molecule has 1 heterocycles. The van der Waals surface area contributed by atoms with E-state index < -0.39 is 23.5 Å². The van der Waals surface area contributed by atoms with Crippen LogP contribution in [0.25, 0.3) is 11.1 Å². The van der Waals surface area contributed by atoms with Gasteiger partial charge in [-0.3, -0.25) is 14.9 Å². The second-order valence-corrected chi connectivity index (χ2v) is 11.8. The van der Waals surface area contributed by atoms with Crippen LogP contribution >= 0.6 is 34.8 Å². The molecule has 0 spiro atoms. The molecule has 7 nitrogen and oxygen atoms in total. The molecule has 40 heavy (non-hydrogen) atoms. The number of benzene rings is 3. The highest BCUT2D eigenvalue weighted by Gasteiger charge is 2.28. The van der Waals surface area contributed by atoms with Crippen LogP contribution in [0.4, 0.5) is 16.2 Å². The fourth-order valence-electron chi connectivity index (χ4n) is 4.59. The van der Waals surface area contributed by atoms with Gasteiger partial charge in [0, 0.05) is 40.6 Å². The zero-order valence-electron chi connectivity index (χ0n) is 22.4. The summed E-state index contributed by atoms with van der Waals surface area (Å²) >= 11 is 18.8. The highest BCUT2D eigenvalue weighted by Crippen LogP contribution is 2.38. The fourth-order valence-corrected chi connectivity index (χ4v) is 5.16. The second kappa shape index (κ2) is 12.5. The Morgan fingerprint density at radius 1 is 0.875 bits per heavy atom. The Morgan fingerprint density at radius 3 is 2.27 bits per heavy atom. The average molecular weight is 603 g/mol. The quantitative estimate of drug-likeness (QED) is 0.296. The lowest BCUT2D eigenvalue weighted by Gasteiger charge is -2.32. The third kappa shape index (κ3) is 7.47. The molecule has 3 aromatic carbocycles. The highest BCUT2D eigenvalue weighted by atomic mass is 35.5. The minimum atomic E-state index is -0.747. The smallest absolute Gasteiger partial charge is 0.412 e. The molecule has 1 aliphatic heterocycles. The third-order valence-electron chi connectivity index (χ3n) is 6.45. The Bertz CT molecular complexity index is 1430. The number of halogens is 3. The lowest BCUT2D eigenvalue weighted by molar-refractivity contribution is -0.143. The molecule has 4 rings (SSSR count). The number of nitrogens with zero attached hydrogens (tertiary/aromatic N) is 1. The molecule has 0 atom stereocenters. The number of anilines is 2. The van der Waals surface area contributed by atoms with Crippen molar-refractivity contribution in [2.75, 3.05) is 23.7 Å². The summed E-state index contributed by atoms with van der Waals surface area (Å²) in [6.45, 7) is 6.27. The van der Waals surface area contributed by atoms with Crippen molar-refractivity contribution in [1.29, 1.82) is 0 Å². The molecule has 0 unspecified atom stereocenters. The molecule has 2 N–H and O–H groups in total. The van der Waals surface area contributed by atoms with Crippen molar-refractivity contribution in [3.05, 3.63) is 81.3 Å². The van der Waals surface area contributed by atoms with Crippen LogP contribution in [0, 0.1) is 0 Å². The number of amides is 3. The van der Waals surface area contributed by atoms with Crippen molar-refractivity contribution in [3.63, 3.8) is 0 Å². The maximum Gasteiger partial charge on any atom is 0.412 e. The Balaban J connectivity index is 1.39. The number of carbonyl (C=O) groups is 3. The normalized spacial score (nSPS) is 14.0. The minimum absolute atomic E-state index is 0.181. The van der Waals surface area contributed by atoms with Crippen molar-refractivity contribution in [1.82, 2.24) is 4.90 Å². The number of hydrogen-bond acceptors (Lipinski definition) is 4. The van der Waals surface area contributed by atoms with Crippen molar-refractivity contribution >= 4 is 64.1 Å². The number of nitrogens with one attached hydrogen (secondary N) is 2. The van der Waals surface area contributed by atoms with Gasteiger partial charge in [0.05, 0.1) is 10.0 Å². The Labute approximate surface area is 248 Å². The van der Waals surface area contributed by atoms with E-state index in [0.717, 1.165) is 5.56 Å². The van der Waals surface area contributed by atoms with Gasteiger partial charge in [-0.15, -0.1) is 0 Å². The summed E-state index contributed by atoms with van der Waals surface area (Å²) in [5, 5.41) is 6.62. The van der Waals surface area contributed by atoms with E-state index in [2.05, 4.69) is 10.6 Å². The van der Waals surface area contributed by atoms with Crippen LogP contribution in [0.3, 0.4) is 0 Å². The minimum Gasteiger partial charge on any atom is -0.444 e. The molecule has 0 aromatic heterocycles. The summed E-state index contributed by atoms with van der Waals surface area (Å²) in [6, 6.07) is 17.7. The molecule has 0 aliphatic carbocycles. The predicted molar refractivity (Wildman–Crippen MR) is 160 cm³/mol. The molecule has 3 aromatic rings. The molecule has 0 radical (unpaired) electrons. The number of piperidine rings is 1. The molecule has 3 amide bonds. The van der Waals surface area contributed by atoms with Gasteiger partial charge in [-0.1, -0.05) is 59.1 Å². The number of likely N-dealkylation sites (tertiary alicyclic amines) is 1. The van der Waals surface area contributed by atoms with Crippen molar-refractivity contribution in [3.8, 4) is 11.1 Å². The number of ether oxygens (including phenoxy) is 1. The largest absolute Gasteiger partial charge is 0.444 e. The van der Waals surface area contributed by atoms with Gasteiger partial charge in [0.1, 0.15) is 5.60 Å². The van der Waals surface area contributed by atoms with Crippen LogP contribution < -0.4 is 10.6 Å². The molecule has 0 bridgehead atoms. The van der Waals surface area contributed by atoms with Crippen LogP contribution in [0.15, 0.2) is 60.7 Å². The van der Waals surface area contributed by atoms with Crippen LogP contribution in [0.5, 0.6) is 0 Å². The third-order valence-corrected chi connectivity index (χ3v) is 7.51. The summed E-state index contributed by atoms with van der Waals surface area (Å²) in [7, 11) is 0. The summed E-state index contributed by atoms with van der Waals surface area (Å²) in [6.07, 6.45) is 0.843. The molecular formula is C30H30Cl3N3O4. The van der Waals surface area contributed by atoms with Gasteiger partial charge in [-0.2, -0.15) is 0 Å². The molecule has 1 aliphatic rings. The summed E-state index contributed by atoms with van der Waals surface area (Å²) in [4.78, 5) is 39.7. The van der Waals surface area contributed by atoms with Gasteiger partial charge in [-0.25, -0.2) is 4.79 Å². The number of rotatable bonds is 4. The second-order valence-electron chi connectivity index (χ2n) is 10.6. The maximum absolute atomic E-state index is 13.1. The first-order valence-electron chi connectivity index (χ1n) is 12.9. The first-order valence-corrected chi connectivity index (χ1v) is 14.0. The molecule has 210 valence electrons. The Morgan fingerprint density at radius 2 is 1.57 bits per heavy atom. The van der Waals surface area contributed by atoms with E-state index in [-0.39, 0.29) is 5.92 Å². The van der Waals surface area contributed by atoms with E-state index in [4.69, 9.17) is 39.5 Å². The predicted octanol–water partition coefficient (Wildman–Crippen LogP) is 8.01. The van der Waals surface area contributed by atoms with Crippen LogP contribution in [-0.2, 0) is 14.3 Å². The van der Waals surface area contributed by atoms with E-state index in [9.17, 15) is 14.4 Å². The summed E-state index contributed by atoms with van der Waals surface area (Å²) < 4.78 is 5.33.